The van der Waals surface area contributed by atoms with E-state index in [0.29, 0.717) is 6.61 Å². The highest BCUT2D eigenvalue weighted by molar-refractivity contribution is 5.79. The van der Waals surface area contributed by atoms with Gasteiger partial charge in [-0.15, -0.1) is 0 Å². The third kappa shape index (κ3) is 2.92. The van der Waals surface area contributed by atoms with Crippen molar-refractivity contribution < 1.29 is 4.74 Å². The van der Waals surface area contributed by atoms with Crippen molar-refractivity contribution in [3.63, 3.8) is 0 Å². The van der Waals surface area contributed by atoms with E-state index in [9.17, 15) is 0 Å². The Balaban J connectivity index is 1.58. The maximum atomic E-state index is 5.82. The molecule has 0 bridgehead atoms. The van der Waals surface area contributed by atoms with E-state index in [-0.39, 0.29) is 0 Å². The molecule has 4 heteroatoms. The van der Waals surface area contributed by atoms with Gasteiger partial charge in [0.2, 0.25) is 0 Å². The number of ether oxygens (including phenoxy) is 1. The molecule has 0 saturated heterocycles. The monoisotopic (exact) mass is 301 g/mol. The number of nitrogens with zero attached hydrogens (tertiary/aromatic N) is 2. The number of aromatic amines is 1. The molecule has 1 N–H and O–H groups in total. The second-order valence-corrected chi connectivity index (χ2v) is 5.24. The van der Waals surface area contributed by atoms with Gasteiger partial charge in [0, 0.05) is 11.8 Å². The van der Waals surface area contributed by atoms with Crippen molar-refractivity contribution in [3.05, 3.63) is 78.6 Å². The Morgan fingerprint density at radius 3 is 2.70 bits per heavy atom. The molecule has 0 fully saturated rings. The number of hydrogen-bond donors (Lipinski definition) is 1. The van der Waals surface area contributed by atoms with E-state index in [2.05, 4.69) is 15.0 Å². The molecule has 4 aromatic rings. The zero-order chi connectivity index (χ0) is 15.5. The first-order valence-corrected chi connectivity index (χ1v) is 7.46. The number of benzene rings is 2. The smallest absolute Gasteiger partial charge is 0.138 e. The van der Waals surface area contributed by atoms with Crippen molar-refractivity contribution in [2.24, 2.45) is 0 Å². The number of rotatable bonds is 4. The predicted molar refractivity (Wildman–Crippen MR) is 90.1 cm³/mol. The second kappa shape index (κ2) is 5.93. The predicted octanol–water partition coefficient (Wildman–Crippen LogP) is 4.20. The molecule has 0 atom stereocenters. The van der Waals surface area contributed by atoms with Crippen LogP contribution in [0.25, 0.3) is 22.4 Å². The molecule has 4 nitrogen and oxygen atoms in total. The average molecular weight is 301 g/mol. The van der Waals surface area contributed by atoms with Gasteiger partial charge in [-0.2, -0.15) is 0 Å². The molecule has 2 heterocycles. The molecule has 0 amide bonds. The number of fused-ring (bicyclic) bond motifs is 1. The van der Waals surface area contributed by atoms with Crippen LogP contribution in [0.1, 0.15) is 5.69 Å². The lowest BCUT2D eigenvalue weighted by Gasteiger charge is -2.06. The van der Waals surface area contributed by atoms with E-state index in [1.54, 1.807) is 6.20 Å². The molecular weight excluding hydrogens is 286 g/mol. The molecule has 2 aromatic heterocycles. The summed E-state index contributed by atoms with van der Waals surface area (Å²) in [6.07, 6.45) is 1.77. The number of aromatic nitrogens is 3. The third-order valence-corrected chi connectivity index (χ3v) is 3.61. The van der Waals surface area contributed by atoms with E-state index < -0.39 is 0 Å². The molecule has 4 rings (SSSR count). The van der Waals surface area contributed by atoms with E-state index in [4.69, 9.17) is 4.74 Å². The lowest BCUT2D eigenvalue weighted by molar-refractivity contribution is 0.301. The lowest BCUT2D eigenvalue weighted by Crippen LogP contribution is -1.97. The Kier molecular flexibility index (Phi) is 3.48. The Hall–Kier alpha value is -3.14. The van der Waals surface area contributed by atoms with Crippen LogP contribution in [0.3, 0.4) is 0 Å². The number of imidazole rings is 1. The molecule has 0 aliphatic carbocycles. The van der Waals surface area contributed by atoms with E-state index in [0.717, 1.165) is 33.9 Å². The SMILES string of the molecule is c1ccc(COc2cccc(-c3nc4ccccc4[nH]3)c2)nc1. The number of H-pyrrole nitrogens is 1. The maximum Gasteiger partial charge on any atom is 0.138 e. The first-order valence-electron chi connectivity index (χ1n) is 7.46. The molecular formula is C19H15N3O. The molecule has 0 saturated carbocycles. The van der Waals surface area contributed by atoms with Crippen molar-refractivity contribution in [2.45, 2.75) is 6.61 Å². The van der Waals surface area contributed by atoms with Gasteiger partial charge in [0.25, 0.3) is 0 Å². The summed E-state index contributed by atoms with van der Waals surface area (Å²) in [4.78, 5) is 12.2. The van der Waals surface area contributed by atoms with Crippen molar-refractivity contribution in [3.8, 4) is 17.1 Å². The maximum absolute atomic E-state index is 5.82. The van der Waals surface area contributed by atoms with Gasteiger partial charge in [-0.3, -0.25) is 4.98 Å². The molecule has 23 heavy (non-hydrogen) atoms. The van der Waals surface area contributed by atoms with Crippen LogP contribution in [0.2, 0.25) is 0 Å². The van der Waals surface area contributed by atoms with Crippen LogP contribution in [-0.4, -0.2) is 15.0 Å². The van der Waals surface area contributed by atoms with E-state index in [1.807, 2.05) is 66.7 Å². The largest absolute Gasteiger partial charge is 0.487 e. The van der Waals surface area contributed by atoms with Crippen LogP contribution >= 0.6 is 0 Å². The highest BCUT2D eigenvalue weighted by Crippen LogP contribution is 2.24. The van der Waals surface area contributed by atoms with Crippen molar-refractivity contribution in [1.82, 2.24) is 15.0 Å². The van der Waals surface area contributed by atoms with Crippen LogP contribution in [0.5, 0.6) is 5.75 Å². The topological polar surface area (TPSA) is 50.8 Å². The summed E-state index contributed by atoms with van der Waals surface area (Å²) in [5, 5.41) is 0. The van der Waals surface area contributed by atoms with Crippen molar-refractivity contribution >= 4 is 11.0 Å². The first-order chi connectivity index (χ1) is 11.4. The average Bonchev–Trinajstić information content (AvgIpc) is 3.05. The zero-order valence-corrected chi connectivity index (χ0v) is 12.4. The van der Waals surface area contributed by atoms with Gasteiger partial charge in [0.05, 0.1) is 16.7 Å². The van der Waals surface area contributed by atoms with E-state index >= 15 is 0 Å². The fraction of sp³-hybridized carbons (Fsp3) is 0.0526. The van der Waals surface area contributed by atoms with Crippen molar-refractivity contribution in [1.29, 1.82) is 0 Å². The lowest BCUT2D eigenvalue weighted by atomic mass is 10.2. The highest BCUT2D eigenvalue weighted by Gasteiger charge is 2.06. The van der Waals surface area contributed by atoms with Gasteiger partial charge >= 0.3 is 0 Å². The normalized spacial score (nSPS) is 10.8. The fourth-order valence-electron chi connectivity index (χ4n) is 2.46. The Morgan fingerprint density at radius 1 is 0.913 bits per heavy atom. The number of pyridine rings is 1. The van der Waals surface area contributed by atoms with Gasteiger partial charge in [-0.1, -0.05) is 30.3 Å². The van der Waals surface area contributed by atoms with Gasteiger partial charge < -0.3 is 9.72 Å². The molecule has 0 aliphatic rings. The number of para-hydroxylation sites is 2. The van der Waals surface area contributed by atoms with Gasteiger partial charge in [0.1, 0.15) is 18.2 Å². The quantitative estimate of drug-likeness (QED) is 0.614. The van der Waals surface area contributed by atoms with Gasteiger partial charge in [-0.25, -0.2) is 4.98 Å². The summed E-state index contributed by atoms with van der Waals surface area (Å²) in [7, 11) is 0. The second-order valence-electron chi connectivity index (χ2n) is 5.24. The summed E-state index contributed by atoms with van der Waals surface area (Å²) < 4.78 is 5.82. The fourth-order valence-corrected chi connectivity index (χ4v) is 2.46. The minimum Gasteiger partial charge on any atom is -0.487 e. The number of hydrogen-bond acceptors (Lipinski definition) is 3. The van der Waals surface area contributed by atoms with Gasteiger partial charge in [0.15, 0.2) is 0 Å². The van der Waals surface area contributed by atoms with Gasteiger partial charge in [-0.05, 0) is 36.4 Å². The number of nitrogens with one attached hydrogen (secondary N) is 1. The Bertz CT molecular complexity index is 898. The van der Waals surface area contributed by atoms with Crippen LogP contribution in [0.4, 0.5) is 0 Å². The third-order valence-electron chi connectivity index (χ3n) is 3.61. The molecule has 0 spiro atoms. The first kappa shape index (κ1) is 13.5. The van der Waals surface area contributed by atoms with Crippen LogP contribution in [0.15, 0.2) is 72.9 Å². The summed E-state index contributed by atoms with van der Waals surface area (Å²) in [5.74, 6) is 1.64. The standard InChI is InChI=1S/C19H15N3O/c1-2-10-18-17(9-1)21-19(22-18)14-6-5-8-16(12-14)23-13-15-7-3-4-11-20-15/h1-12H,13H2,(H,21,22). The van der Waals surface area contributed by atoms with Crippen molar-refractivity contribution in [2.75, 3.05) is 0 Å². The minimum absolute atomic E-state index is 0.449. The van der Waals surface area contributed by atoms with Crippen LogP contribution in [0, 0.1) is 0 Å². The minimum atomic E-state index is 0.449. The molecule has 112 valence electrons. The molecule has 0 unspecified atom stereocenters. The van der Waals surface area contributed by atoms with E-state index in [1.165, 1.54) is 0 Å². The Morgan fingerprint density at radius 2 is 1.83 bits per heavy atom. The van der Waals surface area contributed by atoms with Crippen LogP contribution < -0.4 is 4.74 Å². The summed E-state index contributed by atoms with van der Waals surface area (Å²) in [6.45, 7) is 0.449. The molecule has 0 aliphatic heterocycles. The highest BCUT2D eigenvalue weighted by atomic mass is 16.5. The molecule has 0 radical (unpaired) electrons. The molecule has 2 aromatic carbocycles. The Labute approximate surface area is 133 Å². The summed E-state index contributed by atoms with van der Waals surface area (Å²) in [5.41, 5.74) is 3.89. The summed E-state index contributed by atoms with van der Waals surface area (Å²) >= 11 is 0. The zero-order valence-electron chi connectivity index (χ0n) is 12.4. The summed E-state index contributed by atoms with van der Waals surface area (Å²) in [6, 6.07) is 21.7. The van der Waals surface area contributed by atoms with Crippen LogP contribution in [-0.2, 0) is 6.61 Å².